The van der Waals surface area contributed by atoms with Crippen molar-refractivity contribution in [1.29, 1.82) is 0 Å². The van der Waals surface area contributed by atoms with E-state index in [9.17, 15) is 5.11 Å². The lowest BCUT2D eigenvalue weighted by atomic mass is 10.0. The first-order valence-electron chi connectivity index (χ1n) is 3.56. The molecule has 1 atom stereocenters. The van der Waals surface area contributed by atoms with E-state index in [1.54, 1.807) is 18.2 Å². The Labute approximate surface area is 77.0 Å². The van der Waals surface area contributed by atoms with E-state index in [4.69, 9.17) is 18.0 Å². The highest BCUT2D eigenvalue weighted by Crippen LogP contribution is 2.23. The predicted octanol–water partition coefficient (Wildman–Crippen LogP) is 2.32. The molecule has 12 heavy (non-hydrogen) atoms. The zero-order chi connectivity index (χ0) is 9.14. The van der Waals surface area contributed by atoms with Crippen molar-refractivity contribution in [2.45, 2.75) is 13.0 Å². The highest BCUT2D eigenvalue weighted by Gasteiger charge is 2.08. The summed E-state index contributed by atoms with van der Waals surface area (Å²) in [7, 11) is 0. The highest BCUT2D eigenvalue weighted by atomic mass is 35.5. The molecular formula is C10H9ClO. The zero-order valence-corrected chi connectivity index (χ0v) is 7.47. The third-order valence-electron chi connectivity index (χ3n) is 1.76. The average Bonchev–Trinajstić information content (AvgIpc) is 2.08. The number of hydrogen-bond acceptors (Lipinski definition) is 1. The van der Waals surface area contributed by atoms with Gasteiger partial charge in [0.1, 0.15) is 6.10 Å². The summed E-state index contributed by atoms with van der Waals surface area (Å²) in [6.45, 7) is 1.83. The Bertz CT molecular complexity index is 325. The van der Waals surface area contributed by atoms with Crippen LogP contribution in [0.5, 0.6) is 0 Å². The van der Waals surface area contributed by atoms with E-state index in [1.165, 1.54) is 0 Å². The molecule has 0 fully saturated rings. The van der Waals surface area contributed by atoms with Crippen LogP contribution in [0.2, 0.25) is 5.02 Å². The van der Waals surface area contributed by atoms with Crippen LogP contribution in [-0.2, 0) is 0 Å². The van der Waals surface area contributed by atoms with E-state index in [-0.39, 0.29) is 0 Å². The molecule has 0 aliphatic heterocycles. The lowest BCUT2D eigenvalue weighted by Gasteiger charge is -2.08. The molecule has 0 bridgehead atoms. The summed E-state index contributed by atoms with van der Waals surface area (Å²) in [4.78, 5) is 0. The summed E-state index contributed by atoms with van der Waals surface area (Å²) in [6.07, 6.45) is 4.22. The van der Waals surface area contributed by atoms with E-state index < -0.39 is 6.10 Å². The smallest absolute Gasteiger partial charge is 0.140 e. The quantitative estimate of drug-likeness (QED) is 0.658. The molecule has 2 heteroatoms. The summed E-state index contributed by atoms with van der Waals surface area (Å²) in [6, 6.07) is 5.31. The minimum Gasteiger partial charge on any atom is -0.376 e. The van der Waals surface area contributed by atoms with Crippen LogP contribution < -0.4 is 0 Å². The van der Waals surface area contributed by atoms with Gasteiger partial charge in [-0.15, -0.1) is 6.42 Å². The second-order valence-corrected chi connectivity index (χ2v) is 2.93. The summed E-state index contributed by atoms with van der Waals surface area (Å²) in [5, 5.41) is 9.97. The lowest BCUT2D eigenvalue weighted by molar-refractivity contribution is 0.238. The molecule has 0 heterocycles. The molecular weight excluding hydrogens is 172 g/mol. The Morgan fingerprint density at radius 3 is 2.83 bits per heavy atom. The molecule has 0 spiro atoms. The Morgan fingerprint density at radius 2 is 2.25 bits per heavy atom. The first-order valence-corrected chi connectivity index (χ1v) is 3.94. The van der Waals surface area contributed by atoms with Gasteiger partial charge in [-0.1, -0.05) is 29.7 Å². The maximum absolute atomic E-state index is 9.34. The molecule has 0 radical (unpaired) electrons. The average molecular weight is 181 g/mol. The fourth-order valence-electron chi connectivity index (χ4n) is 1.01. The van der Waals surface area contributed by atoms with Crippen molar-refractivity contribution in [2.75, 3.05) is 0 Å². The molecule has 1 rings (SSSR count). The standard InChI is InChI=1S/C10H9ClO/c1-3-10(12)8-5-4-6-9(11)7(8)2/h1,4-6,10,12H,2H3. The van der Waals surface area contributed by atoms with Gasteiger partial charge in [0.2, 0.25) is 0 Å². The Balaban J connectivity index is 3.18. The maximum Gasteiger partial charge on any atom is 0.140 e. The van der Waals surface area contributed by atoms with Crippen LogP contribution in [-0.4, -0.2) is 5.11 Å². The Kier molecular flexibility index (Phi) is 2.75. The van der Waals surface area contributed by atoms with Crippen LogP contribution in [0, 0.1) is 19.3 Å². The first-order chi connectivity index (χ1) is 5.66. The first kappa shape index (κ1) is 9.12. The van der Waals surface area contributed by atoms with Gasteiger partial charge in [0.25, 0.3) is 0 Å². The van der Waals surface area contributed by atoms with Crippen LogP contribution in [0.1, 0.15) is 17.2 Å². The number of benzene rings is 1. The normalized spacial score (nSPS) is 12.2. The molecule has 1 aromatic carbocycles. The highest BCUT2D eigenvalue weighted by molar-refractivity contribution is 6.31. The van der Waals surface area contributed by atoms with Crippen LogP contribution in [0.3, 0.4) is 0 Å². The number of aliphatic hydroxyl groups excluding tert-OH is 1. The number of aliphatic hydroxyl groups is 1. The van der Waals surface area contributed by atoms with Gasteiger partial charge in [-0.3, -0.25) is 0 Å². The summed E-state index contributed by atoms with van der Waals surface area (Å²) in [5.41, 5.74) is 1.54. The number of hydrogen-bond donors (Lipinski definition) is 1. The predicted molar refractivity (Wildman–Crippen MR) is 50.0 cm³/mol. The van der Waals surface area contributed by atoms with Gasteiger partial charge in [0, 0.05) is 5.02 Å². The summed E-state index contributed by atoms with van der Waals surface area (Å²) in [5.74, 6) is 2.25. The third-order valence-corrected chi connectivity index (χ3v) is 2.17. The third kappa shape index (κ3) is 1.61. The molecule has 0 saturated heterocycles. The SMILES string of the molecule is C#CC(O)c1cccc(Cl)c1C. The van der Waals surface area contributed by atoms with Gasteiger partial charge >= 0.3 is 0 Å². The second-order valence-electron chi connectivity index (χ2n) is 2.52. The van der Waals surface area contributed by atoms with Gasteiger partial charge in [-0.2, -0.15) is 0 Å². The van der Waals surface area contributed by atoms with Gasteiger partial charge in [-0.05, 0) is 24.1 Å². The van der Waals surface area contributed by atoms with E-state index in [0.29, 0.717) is 10.6 Å². The molecule has 1 N–H and O–H groups in total. The minimum atomic E-state index is -0.858. The van der Waals surface area contributed by atoms with Crippen LogP contribution >= 0.6 is 11.6 Å². The lowest BCUT2D eigenvalue weighted by Crippen LogP contribution is -1.96. The van der Waals surface area contributed by atoms with Crippen LogP contribution in [0.25, 0.3) is 0 Å². The fourth-order valence-corrected chi connectivity index (χ4v) is 1.19. The van der Waals surface area contributed by atoms with Crippen molar-refractivity contribution in [1.82, 2.24) is 0 Å². The van der Waals surface area contributed by atoms with Crippen LogP contribution in [0.4, 0.5) is 0 Å². The van der Waals surface area contributed by atoms with Crippen molar-refractivity contribution >= 4 is 11.6 Å². The number of terminal acetylenes is 1. The summed E-state index contributed by atoms with van der Waals surface area (Å²) >= 11 is 5.84. The minimum absolute atomic E-state index is 0.627. The topological polar surface area (TPSA) is 20.2 Å². The summed E-state index contributed by atoms with van der Waals surface area (Å²) < 4.78 is 0. The zero-order valence-electron chi connectivity index (χ0n) is 6.71. The maximum atomic E-state index is 9.34. The molecule has 0 saturated carbocycles. The second kappa shape index (κ2) is 3.62. The van der Waals surface area contributed by atoms with E-state index in [1.807, 2.05) is 6.92 Å². The van der Waals surface area contributed by atoms with E-state index in [2.05, 4.69) is 5.92 Å². The van der Waals surface area contributed by atoms with E-state index >= 15 is 0 Å². The van der Waals surface area contributed by atoms with Crippen molar-refractivity contribution < 1.29 is 5.11 Å². The van der Waals surface area contributed by atoms with Crippen molar-refractivity contribution in [3.8, 4) is 12.3 Å². The van der Waals surface area contributed by atoms with Gasteiger partial charge in [0.15, 0.2) is 0 Å². The molecule has 0 aliphatic rings. The Morgan fingerprint density at radius 1 is 1.58 bits per heavy atom. The van der Waals surface area contributed by atoms with Crippen molar-refractivity contribution in [3.05, 3.63) is 34.3 Å². The molecule has 1 unspecified atom stereocenters. The van der Waals surface area contributed by atoms with Gasteiger partial charge in [0.05, 0.1) is 0 Å². The molecule has 62 valence electrons. The molecule has 1 nitrogen and oxygen atoms in total. The van der Waals surface area contributed by atoms with Crippen molar-refractivity contribution in [3.63, 3.8) is 0 Å². The fraction of sp³-hybridized carbons (Fsp3) is 0.200. The molecule has 1 aromatic rings. The Hall–Kier alpha value is -0.970. The van der Waals surface area contributed by atoms with Gasteiger partial charge in [-0.25, -0.2) is 0 Å². The largest absolute Gasteiger partial charge is 0.376 e. The van der Waals surface area contributed by atoms with Crippen LogP contribution in [0.15, 0.2) is 18.2 Å². The molecule has 0 aliphatic carbocycles. The monoisotopic (exact) mass is 180 g/mol. The molecule has 0 amide bonds. The van der Waals surface area contributed by atoms with E-state index in [0.717, 1.165) is 5.56 Å². The van der Waals surface area contributed by atoms with Crippen molar-refractivity contribution in [2.24, 2.45) is 0 Å². The number of halogens is 1. The molecule has 0 aromatic heterocycles. The number of rotatable bonds is 1. The van der Waals surface area contributed by atoms with Gasteiger partial charge < -0.3 is 5.11 Å².